The number of aromatic nitrogens is 1. The molecule has 8 nitrogen and oxygen atoms in total. The van der Waals surface area contributed by atoms with E-state index in [0.29, 0.717) is 31.7 Å². The number of ether oxygens (including phenoxy) is 1. The number of aryl methyl sites for hydroxylation is 2. The quantitative estimate of drug-likeness (QED) is 0.652. The smallest absolute Gasteiger partial charge is 0.245 e. The van der Waals surface area contributed by atoms with Crippen LogP contribution in [0.2, 0.25) is 0 Å². The molecular formula is C22H26N4O4. The van der Waals surface area contributed by atoms with Crippen LogP contribution in [-0.2, 0) is 20.8 Å². The van der Waals surface area contributed by atoms with Crippen LogP contribution in [0.25, 0.3) is 0 Å². The fourth-order valence-corrected chi connectivity index (χ4v) is 3.14. The Labute approximate surface area is 175 Å². The van der Waals surface area contributed by atoms with Crippen LogP contribution in [0.1, 0.15) is 30.4 Å². The molecule has 0 spiro atoms. The minimum atomic E-state index is -0.290. The lowest BCUT2D eigenvalue weighted by Gasteiger charge is -2.18. The van der Waals surface area contributed by atoms with Gasteiger partial charge in [0.1, 0.15) is 11.6 Å². The van der Waals surface area contributed by atoms with Gasteiger partial charge >= 0.3 is 0 Å². The lowest BCUT2D eigenvalue weighted by Crippen LogP contribution is -2.35. The average Bonchev–Trinajstić information content (AvgIpc) is 2.70. The maximum Gasteiger partial charge on any atom is 0.245 e. The van der Waals surface area contributed by atoms with E-state index in [1.807, 2.05) is 31.2 Å². The van der Waals surface area contributed by atoms with Crippen LogP contribution in [0.15, 0.2) is 36.5 Å². The number of amides is 3. The molecule has 3 rings (SSSR count). The number of carbonyl (C=O) groups excluding carboxylic acids is 3. The highest BCUT2D eigenvalue weighted by atomic mass is 16.5. The van der Waals surface area contributed by atoms with Crippen LogP contribution >= 0.6 is 0 Å². The van der Waals surface area contributed by atoms with E-state index in [0.717, 1.165) is 22.6 Å². The van der Waals surface area contributed by atoms with Gasteiger partial charge in [0.05, 0.1) is 13.2 Å². The zero-order chi connectivity index (χ0) is 21.5. The number of nitrogens with zero attached hydrogens (tertiary/aromatic N) is 2. The molecule has 2 N–H and O–H groups in total. The van der Waals surface area contributed by atoms with Gasteiger partial charge in [-0.15, -0.1) is 0 Å². The fraction of sp³-hybridized carbons (Fsp3) is 0.364. The number of rotatable bonds is 8. The number of pyridine rings is 1. The molecule has 2 aromatic rings. The molecule has 8 heteroatoms. The molecular weight excluding hydrogens is 384 g/mol. The summed E-state index contributed by atoms with van der Waals surface area (Å²) in [5.74, 6) is 0.803. The fourth-order valence-electron chi connectivity index (χ4n) is 3.14. The predicted molar refractivity (Wildman–Crippen MR) is 113 cm³/mol. The van der Waals surface area contributed by atoms with Crippen LogP contribution in [0.4, 0.5) is 11.5 Å². The number of hydrogen-bond donors (Lipinski definition) is 2. The molecule has 2 heterocycles. The van der Waals surface area contributed by atoms with Crippen molar-refractivity contribution in [3.05, 3.63) is 47.7 Å². The van der Waals surface area contributed by atoms with Crippen molar-refractivity contribution >= 4 is 29.2 Å². The Hall–Kier alpha value is -3.42. The lowest BCUT2D eigenvalue weighted by atomic mass is 10.0. The zero-order valence-electron chi connectivity index (χ0n) is 17.2. The standard InChI is InChI=1S/C22H26N4O4/c1-15-9-10-23-19(12-15)25-21(28)14-26(2)22(29)4-3-11-30-17-6-7-18-16(13-17)5-8-20(27)24-18/h6-7,9-10,12-13H,3-5,8,11,14H2,1-2H3,(H,24,27)(H,23,25,28). The number of nitrogens with one attached hydrogen (secondary N) is 2. The summed E-state index contributed by atoms with van der Waals surface area (Å²) in [4.78, 5) is 41.2. The summed E-state index contributed by atoms with van der Waals surface area (Å²) >= 11 is 0. The van der Waals surface area contributed by atoms with Crippen LogP contribution in [0, 0.1) is 6.92 Å². The van der Waals surface area contributed by atoms with Crippen LogP contribution in [0.3, 0.4) is 0 Å². The number of benzene rings is 1. The van der Waals surface area contributed by atoms with Gasteiger partial charge in [0, 0.05) is 31.8 Å². The van der Waals surface area contributed by atoms with Gasteiger partial charge in [-0.05, 0) is 61.2 Å². The van der Waals surface area contributed by atoms with Gasteiger partial charge in [0.15, 0.2) is 0 Å². The molecule has 1 aliphatic heterocycles. The Morgan fingerprint density at radius 1 is 1.23 bits per heavy atom. The molecule has 0 atom stereocenters. The van der Waals surface area contributed by atoms with Gasteiger partial charge in [-0.3, -0.25) is 14.4 Å². The highest BCUT2D eigenvalue weighted by molar-refractivity contribution is 5.94. The molecule has 30 heavy (non-hydrogen) atoms. The third-order valence-electron chi connectivity index (χ3n) is 4.77. The zero-order valence-corrected chi connectivity index (χ0v) is 17.2. The van der Waals surface area contributed by atoms with Crippen molar-refractivity contribution in [2.75, 3.05) is 30.8 Å². The monoisotopic (exact) mass is 410 g/mol. The largest absolute Gasteiger partial charge is 0.494 e. The minimum Gasteiger partial charge on any atom is -0.494 e. The van der Waals surface area contributed by atoms with Crippen LogP contribution in [0.5, 0.6) is 5.75 Å². The summed E-state index contributed by atoms with van der Waals surface area (Å²) in [6.07, 6.45) is 3.62. The number of anilines is 2. The van der Waals surface area contributed by atoms with Gasteiger partial charge < -0.3 is 20.3 Å². The Kier molecular flexibility index (Phi) is 7.00. The molecule has 0 fully saturated rings. The Morgan fingerprint density at radius 3 is 2.87 bits per heavy atom. The lowest BCUT2D eigenvalue weighted by molar-refractivity contribution is -0.133. The van der Waals surface area contributed by atoms with Gasteiger partial charge in [0.25, 0.3) is 0 Å². The topological polar surface area (TPSA) is 101 Å². The van der Waals surface area contributed by atoms with Crippen molar-refractivity contribution in [1.29, 1.82) is 0 Å². The minimum absolute atomic E-state index is 0.0302. The molecule has 0 radical (unpaired) electrons. The summed E-state index contributed by atoms with van der Waals surface area (Å²) in [7, 11) is 1.60. The molecule has 0 aliphatic carbocycles. The van der Waals surface area contributed by atoms with E-state index in [9.17, 15) is 14.4 Å². The van der Waals surface area contributed by atoms with Gasteiger partial charge in [0.2, 0.25) is 17.7 Å². The average molecular weight is 410 g/mol. The highest BCUT2D eigenvalue weighted by Gasteiger charge is 2.16. The van der Waals surface area contributed by atoms with E-state index in [1.54, 1.807) is 19.3 Å². The Balaban J connectivity index is 1.38. The SMILES string of the molecule is Cc1ccnc(NC(=O)CN(C)C(=O)CCCOc2ccc3c(c2)CCC(=O)N3)c1. The number of carbonyl (C=O) groups is 3. The Morgan fingerprint density at radius 2 is 2.07 bits per heavy atom. The van der Waals surface area contributed by atoms with Crippen molar-refractivity contribution in [3.63, 3.8) is 0 Å². The maximum atomic E-state index is 12.3. The molecule has 158 valence electrons. The normalized spacial score (nSPS) is 12.5. The van der Waals surface area contributed by atoms with Crippen LogP contribution < -0.4 is 15.4 Å². The number of likely N-dealkylation sites (N-methyl/N-ethyl adjacent to an activating group) is 1. The molecule has 0 unspecified atom stereocenters. The first-order valence-electron chi connectivity index (χ1n) is 9.93. The second-order valence-corrected chi connectivity index (χ2v) is 7.34. The summed E-state index contributed by atoms with van der Waals surface area (Å²) in [6.45, 7) is 2.27. The molecule has 1 aromatic carbocycles. The highest BCUT2D eigenvalue weighted by Crippen LogP contribution is 2.26. The molecule has 0 saturated carbocycles. The maximum absolute atomic E-state index is 12.3. The molecule has 0 saturated heterocycles. The van der Waals surface area contributed by atoms with E-state index < -0.39 is 0 Å². The van der Waals surface area contributed by atoms with Crippen molar-refractivity contribution in [2.45, 2.75) is 32.6 Å². The van der Waals surface area contributed by atoms with Gasteiger partial charge in [-0.2, -0.15) is 0 Å². The second-order valence-electron chi connectivity index (χ2n) is 7.34. The number of hydrogen-bond acceptors (Lipinski definition) is 5. The Bertz CT molecular complexity index is 944. The van der Waals surface area contributed by atoms with Crippen molar-refractivity contribution in [3.8, 4) is 5.75 Å². The van der Waals surface area contributed by atoms with Gasteiger partial charge in [-0.25, -0.2) is 4.98 Å². The third-order valence-corrected chi connectivity index (χ3v) is 4.77. The first-order chi connectivity index (χ1) is 14.4. The van der Waals surface area contributed by atoms with Crippen molar-refractivity contribution < 1.29 is 19.1 Å². The molecule has 1 aromatic heterocycles. The molecule has 3 amide bonds. The van der Waals surface area contributed by atoms with E-state index in [2.05, 4.69) is 15.6 Å². The second kappa shape index (κ2) is 9.87. The summed E-state index contributed by atoms with van der Waals surface area (Å²) in [5.41, 5.74) is 2.87. The summed E-state index contributed by atoms with van der Waals surface area (Å²) < 4.78 is 5.73. The van der Waals surface area contributed by atoms with E-state index in [4.69, 9.17) is 4.74 Å². The first kappa shape index (κ1) is 21.3. The first-order valence-corrected chi connectivity index (χ1v) is 9.93. The van der Waals surface area contributed by atoms with E-state index in [1.165, 1.54) is 4.90 Å². The summed E-state index contributed by atoms with van der Waals surface area (Å²) in [6, 6.07) is 9.18. The van der Waals surface area contributed by atoms with Crippen molar-refractivity contribution in [1.82, 2.24) is 9.88 Å². The van der Waals surface area contributed by atoms with E-state index in [-0.39, 0.29) is 30.7 Å². The number of fused-ring (bicyclic) bond motifs is 1. The van der Waals surface area contributed by atoms with Gasteiger partial charge in [-0.1, -0.05) is 0 Å². The molecule has 0 bridgehead atoms. The third kappa shape index (κ3) is 6.04. The predicted octanol–water partition coefficient (Wildman–Crippen LogP) is 2.53. The molecule has 1 aliphatic rings. The summed E-state index contributed by atoms with van der Waals surface area (Å²) in [5, 5.41) is 5.52. The van der Waals surface area contributed by atoms with Crippen LogP contribution in [-0.4, -0.2) is 47.8 Å². The van der Waals surface area contributed by atoms with Crippen molar-refractivity contribution in [2.24, 2.45) is 0 Å². The van der Waals surface area contributed by atoms with E-state index >= 15 is 0 Å².